The standard InChI is InChI=1S/C23H28F2N2O4S/c1-3-32(29,30)21-12-8-17(9-13-21)16(2)26-22(28)18-6-10-19(11-7-18)27-14-4-5-20(27)15-31-23(24)25/h6-13,16,20,23H,3-5,14-15H2,1-2H3,(H,26,28)/t16-,20-/m0/s1. The fraction of sp³-hybridized carbons (Fsp3) is 0.435. The van der Waals surface area contributed by atoms with Crippen molar-refractivity contribution in [2.45, 2.75) is 50.3 Å². The highest BCUT2D eigenvalue weighted by Crippen LogP contribution is 2.26. The Bertz CT molecular complexity index is 1010. The molecule has 2 atom stereocenters. The molecule has 1 amide bonds. The molecule has 0 radical (unpaired) electrons. The van der Waals surface area contributed by atoms with E-state index in [-0.39, 0.29) is 35.2 Å². The van der Waals surface area contributed by atoms with Crippen LogP contribution in [-0.2, 0) is 14.6 Å². The largest absolute Gasteiger partial charge is 0.366 e. The molecule has 1 N–H and O–H groups in total. The van der Waals surface area contributed by atoms with Gasteiger partial charge in [0.25, 0.3) is 5.91 Å². The van der Waals surface area contributed by atoms with Crippen molar-refractivity contribution in [2.24, 2.45) is 0 Å². The van der Waals surface area contributed by atoms with Crippen LogP contribution in [-0.4, -0.2) is 45.9 Å². The van der Waals surface area contributed by atoms with E-state index >= 15 is 0 Å². The highest BCUT2D eigenvalue weighted by Gasteiger charge is 2.26. The summed E-state index contributed by atoms with van der Waals surface area (Å²) in [5, 5.41) is 2.91. The van der Waals surface area contributed by atoms with Crippen molar-refractivity contribution in [3.8, 4) is 0 Å². The number of hydrogen-bond donors (Lipinski definition) is 1. The Morgan fingerprint density at radius 3 is 2.41 bits per heavy atom. The van der Waals surface area contributed by atoms with Gasteiger partial charge in [-0.25, -0.2) is 8.42 Å². The molecule has 6 nitrogen and oxygen atoms in total. The molecule has 0 aromatic heterocycles. The van der Waals surface area contributed by atoms with Gasteiger partial charge < -0.3 is 15.0 Å². The third kappa shape index (κ3) is 5.83. The number of hydrogen-bond acceptors (Lipinski definition) is 5. The molecule has 0 saturated carbocycles. The maximum absolute atomic E-state index is 12.7. The first kappa shape index (κ1) is 24.1. The van der Waals surface area contributed by atoms with E-state index in [2.05, 4.69) is 10.1 Å². The Labute approximate surface area is 187 Å². The van der Waals surface area contributed by atoms with Crippen LogP contribution in [0, 0.1) is 0 Å². The molecule has 32 heavy (non-hydrogen) atoms. The van der Waals surface area contributed by atoms with Crippen LogP contribution in [0.15, 0.2) is 53.4 Å². The number of ether oxygens (including phenoxy) is 1. The van der Waals surface area contributed by atoms with Crippen molar-refractivity contribution in [1.82, 2.24) is 5.32 Å². The minimum Gasteiger partial charge on any atom is -0.366 e. The van der Waals surface area contributed by atoms with Crippen LogP contribution in [0.3, 0.4) is 0 Å². The molecule has 0 bridgehead atoms. The minimum absolute atomic E-state index is 0.0320. The molecule has 1 aliphatic heterocycles. The Balaban J connectivity index is 1.62. The summed E-state index contributed by atoms with van der Waals surface area (Å²) in [5.74, 6) is -0.222. The molecule has 1 saturated heterocycles. The quantitative estimate of drug-likeness (QED) is 0.600. The van der Waals surface area contributed by atoms with Gasteiger partial charge in [-0.15, -0.1) is 0 Å². The number of anilines is 1. The van der Waals surface area contributed by atoms with E-state index < -0.39 is 16.4 Å². The van der Waals surface area contributed by atoms with Crippen molar-refractivity contribution < 1.29 is 26.7 Å². The lowest BCUT2D eigenvalue weighted by molar-refractivity contribution is -0.131. The number of nitrogens with zero attached hydrogens (tertiary/aromatic N) is 1. The van der Waals surface area contributed by atoms with E-state index in [1.165, 1.54) is 0 Å². The fourth-order valence-electron chi connectivity index (χ4n) is 3.83. The first-order valence-corrected chi connectivity index (χ1v) is 12.3. The third-order valence-corrected chi connectivity index (χ3v) is 7.47. The number of benzene rings is 2. The zero-order chi connectivity index (χ0) is 23.3. The van der Waals surface area contributed by atoms with Gasteiger partial charge in [0.05, 0.1) is 29.3 Å². The van der Waals surface area contributed by atoms with Crippen molar-refractivity contribution in [3.05, 3.63) is 59.7 Å². The lowest BCUT2D eigenvalue weighted by Gasteiger charge is -2.26. The molecule has 2 aromatic carbocycles. The van der Waals surface area contributed by atoms with Gasteiger partial charge in [-0.1, -0.05) is 19.1 Å². The van der Waals surface area contributed by atoms with E-state index in [9.17, 15) is 22.0 Å². The zero-order valence-electron chi connectivity index (χ0n) is 18.1. The number of halogens is 2. The van der Waals surface area contributed by atoms with Gasteiger partial charge in [0, 0.05) is 17.8 Å². The molecule has 0 unspecified atom stereocenters. The number of sulfone groups is 1. The average Bonchev–Trinajstić information content (AvgIpc) is 3.26. The Morgan fingerprint density at radius 2 is 1.81 bits per heavy atom. The topological polar surface area (TPSA) is 75.7 Å². The highest BCUT2D eigenvalue weighted by molar-refractivity contribution is 7.91. The summed E-state index contributed by atoms with van der Waals surface area (Å²) in [6, 6.07) is 13.1. The maximum atomic E-state index is 12.7. The van der Waals surface area contributed by atoms with Crippen LogP contribution >= 0.6 is 0 Å². The van der Waals surface area contributed by atoms with Crippen LogP contribution in [0.4, 0.5) is 14.5 Å². The van der Waals surface area contributed by atoms with E-state index in [1.54, 1.807) is 43.3 Å². The second-order valence-corrected chi connectivity index (χ2v) is 10.1. The number of alkyl halides is 2. The third-order valence-electron chi connectivity index (χ3n) is 5.72. The number of rotatable bonds is 9. The van der Waals surface area contributed by atoms with Crippen LogP contribution in [0.25, 0.3) is 0 Å². The van der Waals surface area contributed by atoms with Gasteiger partial charge in [0.2, 0.25) is 0 Å². The zero-order valence-corrected chi connectivity index (χ0v) is 18.9. The number of amides is 1. The van der Waals surface area contributed by atoms with Gasteiger partial charge in [0.15, 0.2) is 9.84 Å². The van der Waals surface area contributed by atoms with Crippen molar-refractivity contribution in [2.75, 3.05) is 23.8 Å². The molecule has 1 fully saturated rings. The van der Waals surface area contributed by atoms with Crippen molar-refractivity contribution >= 4 is 21.4 Å². The van der Waals surface area contributed by atoms with Gasteiger partial charge in [-0.05, 0) is 61.7 Å². The van der Waals surface area contributed by atoms with Gasteiger partial charge in [-0.3, -0.25) is 4.79 Å². The lowest BCUT2D eigenvalue weighted by atomic mass is 10.1. The number of carbonyl (C=O) groups is 1. The van der Waals surface area contributed by atoms with Crippen molar-refractivity contribution in [1.29, 1.82) is 0 Å². The molecule has 2 aromatic rings. The summed E-state index contributed by atoms with van der Waals surface area (Å²) in [5.41, 5.74) is 2.14. The van der Waals surface area contributed by atoms with E-state index in [0.29, 0.717) is 5.56 Å². The average molecular weight is 467 g/mol. The summed E-state index contributed by atoms with van der Waals surface area (Å²) in [6.07, 6.45) is 1.68. The molecule has 1 aliphatic rings. The first-order valence-electron chi connectivity index (χ1n) is 10.6. The molecular formula is C23H28F2N2O4S. The van der Waals surface area contributed by atoms with Crippen LogP contribution in [0.1, 0.15) is 48.7 Å². The summed E-state index contributed by atoms with van der Waals surface area (Å²) in [7, 11) is -3.27. The van der Waals surface area contributed by atoms with Gasteiger partial charge >= 0.3 is 6.61 Å². The number of nitrogens with one attached hydrogen (secondary N) is 1. The molecule has 1 heterocycles. The molecule has 9 heteroatoms. The highest BCUT2D eigenvalue weighted by atomic mass is 32.2. The number of carbonyl (C=O) groups excluding carboxylic acids is 1. The monoisotopic (exact) mass is 466 g/mol. The second kappa shape index (κ2) is 10.4. The smallest absolute Gasteiger partial charge is 0.345 e. The lowest BCUT2D eigenvalue weighted by Crippen LogP contribution is -2.33. The van der Waals surface area contributed by atoms with Crippen LogP contribution < -0.4 is 10.2 Å². The van der Waals surface area contributed by atoms with Gasteiger partial charge in [-0.2, -0.15) is 8.78 Å². The Morgan fingerprint density at radius 1 is 1.16 bits per heavy atom. The first-order chi connectivity index (χ1) is 15.2. The van der Waals surface area contributed by atoms with E-state index in [4.69, 9.17) is 0 Å². The molecule has 174 valence electrons. The Hall–Kier alpha value is -2.52. The van der Waals surface area contributed by atoms with Gasteiger partial charge in [0.1, 0.15) is 0 Å². The van der Waals surface area contributed by atoms with E-state index in [1.807, 2.05) is 24.0 Å². The van der Waals surface area contributed by atoms with Crippen LogP contribution in [0.5, 0.6) is 0 Å². The Kier molecular flexibility index (Phi) is 7.84. The summed E-state index contributed by atoms with van der Waals surface area (Å²) in [6.45, 7) is 1.36. The molecular weight excluding hydrogens is 438 g/mol. The predicted octanol–water partition coefficient (Wildman–Crippen LogP) is 4.18. The molecule has 3 rings (SSSR count). The minimum atomic E-state index is -3.27. The summed E-state index contributed by atoms with van der Waals surface area (Å²) in [4.78, 5) is 14.9. The van der Waals surface area contributed by atoms with E-state index in [0.717, 1.165) is 30.6 Å². The fourth-order valence-corrected chi connectivity index (χ4v) is 4.71. The normalized spacial score (nSPS) is 17.5. The second-order valence-electron chi connectivity index (χ2n) is 7.80. The summed E-state index contributed by atoms with van der Waals surface area (Å²) < 4.78 is 53.1. The van der Waals surface area contributed by atoms with Crippen molar-refractivity contribution in [3.63, 3.8) is 0 Å². The predicted molar refractivity (Wildman–Crippen MR) is 119 cm³/mol. The SMILES string of the molecule is CCS(=O)(=O)c1ccc([C@H](C)NC(=O)c2ccc(N3CCC[C@H]3COC(F)F)cc2)cc1. The molecule has 0 spiro atoms. The van der Waals surface area contributed by atoms with Crippen LogP contribution in [0.2, 0.25) is 0 Å². The maximum Gasteiger partial charge on any atom is 0.345 e. The summed E-state index contributed by atoms with van der Waals surface area (Å²) >= 11 is 0. The molecule has 0 aliphatic carbocycles.